The average molecular weight is 664 g/mol. The summed E-state index contributed by atoms with van der Waals surface area (Å²) in [4.78, 5) is 59.3. The molecule has 2 unspecified atom stereocenters. The molecule has 21 heteroatoms. The molecule has 1 amide bonds. The van der Waals surface area contributed by atoms with Crippen LogP contribution in [0.25, 0.3) is 0 Å². The second-order valence-corrected chi connectivity index (χ2v) is 12.7. The summed E-state index contributed by atoms with van der Waals surface area (Å²) in [5, 5.41) is 33.8. The van der Waals surface area contributed by atoms with Gasteiger partial charge in [-0.2, -0.15) is 4.98 Å². The molecular formula is C23H30N4O15P2. The van der Waals surface area contributed by atoms with Gasteiger partial charge < -0.3 is 60.2 Å². The lowest BCUT2D eigenvalue weighted by Gasteiger charge is -2.37. The van der Waals surface area contributed by atoms with Crippen LogP contribution in [0.2, 0.25) is 0 Å². The number of aliphatic hydroxyl groups excluding tert-OH is 3. The molecule has 0 saturated carbocycles. The van der Waals surface area contributed by atoms with Gasteiger partial charge in [-0.1, -0.05) is 18.2 Å². The number of nitrogen functional groups attached to an aromatic ring is 1. The number of nitrogens with one attached hydrogen (secondary N) is 2. The van der Waals surface area contributed by atoms with Gasteiger partial charge >= 0.3 is 21.1 Å². The van der Waals surface area contributed by atoms with Crippen molar-refractivity contribution >= 4 is 27.1 Å². The molecule has 3 heterocycles. The number of amides is 1. The number of carbonyl (C=O) groups excluding carboxylic acids is 1. The number of nitrogens with two attached hydrogens (primary N) is 1. The molecule has 1 saturated heterocycles. The van der Waals surface area contributed by atoms with Gasteiger partial charge in [0.2, 0.25) is 11.8 Å². The highest BCUT2D eigenvalue weighted by atomic mass is 31.2. The fourth-order valence-electron chi connectivity index (χ4n) is 4.34. The van der Waals surface area contributed by atoms with Gasteiger partial charge in [0.1, 0.15) is 53.9 Å². The van der Waals surface area contributed by atoms with E-state index in [1.165, 1.54) is 12.1 Å². The van der Waals surface area contributed by atoms with Gasteiger partial charge in [0, 0.05) is 13.0 Å². The summed E-state index contributed by atoms with van der Waals surface area (Å²) in [7, 11) is -10.9. The van der Waals surface area contributed by atoms with Crippen molar-refractivity contribution in [2.24, 2.45) is 0 Å². The number of H-pyrrole nitrogens is 1. The maximum absolute atomic E-state index is 12.8. The van der Waals surface area contributed by atoms with E-state index < -0.39 is 88.1 Å². The Balaban J connectivity index is 1.50. The summed E-state index contributed by atoms with van der Waals surface area (Å²) in [6.07, 6.45) is -8.77. The molecule has 19 nitrogen and oxygen atoms in total. The zero-order chi connectivity index (χ0) is 32.4. The van der Waals surface area contributed by atoms with Crippen LogP contribution >= 0.6 is 15.4 Å². The molecule has 0 bridgehead atoms. The SMILES string of the molecule is CC(=O)N[C@H]1[C@H](Oc2ccccc2)OC(C(OP(=O)(O)OC[C@H]2O[C@@H](c3cc(N)nc(=O)[nH]3)[C@H](O)[C@@H]2O)P(=O)(O)O)=C[C@@H]1O. The van der Waals surface area contributed by atoms with Crippen LogP contribution in [0.5, 0.6) is 5.75 Å². The van der Waals surface area contributed by atoms with E-state index >= 15 is 0 Å². The number of benzene rings is 1. The lowest BCUT2D eigenvalue weighted by Crippen LogP contribution is -2.55. The topological polar surface area (TPSA) is 303 Å². The average Bonchev–Trinajstić information content (AvgIpc) is 3.20. The summed E-state index contributed by atoms with van der Waals surface area (Å²) in [6.45, 7) is 0.193. The van der Waals surface area contributed by atoms with Gasteiger partial charge in [0.25, 0.3) is 6.29 Å². The summed E-state index contributed by atoms with van der Waals surface area (Å²) in [6, 6.07) is 7.73. The van der Waals surface area contributed by atoms with Gasteiger partial charge in [-0.15, -0.1) is 0 Å². The normalized spacial score (nSPS) is 29.2. The highest BCUT2D eigenvalue weighted by Crippen LogP contribution is 2.56. The van der Waals surface area contributed by atoms with E-state index in [2.05, 4.69) is 15.3 Å². The van der Waals surface area contributed by atoms with Crippen molar-refractivity contribution < 1.29 is 67.2 Å². The molecule has 1 aromatic carbocycles. The molecule has 9 atom stereocenters. The zero-order valence-electron chi connectivity index (χ0n) is 22.6. The molecule has 1 fully saturated rings. The van der Waals surface area contributed by atoms with Crippen molar-refractivity contribution in [1.82, 2.24) is 15.3 Å². The Morgan fingerprint density at radius 3 is 2.45 bits per heavy atom. The number of aromatic nitrogens is 2. The molecular weight excluding hydrogens is 634 g/mol. The van der Waals surface area contributed by atoms with Crippen LogP contribution < -0.4 is 21.5 Å². The molecule has 0 spiro atoms. The molecule has 4 rings (SSSR count). The molecule has 44 heavy (non-hydrogen) atoms. The van der Waals surface area contributed by atoms with E-state index in [9.17, 15) is 48.7 Å². The Hall–Kier alpha value is -3.19. The number of carbonyl (C=O) groups is 1. The highest BCUT2D eigenvalue weighted by Gasteiger charge is 2.49. The number of ether oxygens (including phenoxy) is 3. The predicted octanol–water partition coefficient (Wildman–Crippen LogP) is -1.66. The Kier molecular flexibility index (Phi) is 10.3. The number of aromatic amines is 1. The van der Waals surface area contributed by atoms with Gasteiger partial charge in [0.15, 0.2) is 0 Å². The largest absolute Gasteiger partial charge is 0.473 e. The van der Waals surface area contributed by atoms with Crippen molar-refractivity contribution in [1.29, 1.82) is 0 Å². The molecule has 0 radical (unpaired) electrons. The number of hydrogen-bond donors (Lipinski definition) is 9. The Labute approximate surface area is 248 Å². The van der Waals surface area contributed by atoms with Crippen LogP contribution in [0.4, 0.5) is 5.82 Å². The lowest BCUT2D eigenvalue weighted by molar-refractivity contribution is -0.134. The first-order valence-corrected chi connectivity index (χ1v) is 15.9. The number of aliphatic hydroxyl groups is 3. The van der Waals surface area contributed by atoms with Gasteiger partial charge in [-0.25, -0.2) is 9.36 Å². The van der Waals surface area contributed by atoms with E-state index in [0.29, 0.717) is 0 Å². The van der Waals surface area contributed by atoms with Gasteiger partial charge in [-0.05, 0) is 18.2 Å². The van der Waals surface area contributed by atoms with Crippen LogP contribution in [-0.2, 0) is 32.4 Å². The number of para-hydroxylation sites is 1. The highest BCUT2D eigenvalue weighted by molar-refractivity contribution is 7.54. The summed E-state index contributed by atoms with van der Waals surface area (Å²) in [5.41, 5.74) is 4.59. The first kappa shape index (κ1) is 33.7. The maximum Gasteiger partial charge on any atom is 0.473 e. The Morgan fingerprint density at radius 2 is 1.84 bits per heavy atom. The maximum atomic E-state index is 12.8. The van der Waals surface area contributed by atoms with Crippen molar-refractivity contribution in [3.8, 4) is 5.75 Å². The first-order chi connectivity index (χ1) is 20.5. The summed E-state index contributed by atoms with van der Waals surface area (Å²) < 4.78 is 51.4. The standard InChI is InChI=1S/C23H30N4O15P2/c1-10(28)25-17-13(29)8-14(41-21(17)39-11-5-3-2-4-6-11)22(43(33,34)35)42-44(36,37)38-9-15-18(30)19(31)20(40-15)12-7-16(24)27-23(32)26-12/h2-8,13,15,17-22,29-31H,9H2,1H3,(H,25,28)(H,36,37)(H2,33,34,35)(H3,24,26,27,32)/t13-,15+,17+,18+,19+,20-,21+,22?/m0/s1. The fourth-order valence-corrected chi connectivity index (χ4v) is 6.41. The van der Waals surface area contributed by atoms with Crippen LogP contribution in [0, 0.1) is 0 Å². The van der Waals surface area contributed by atoms with Crippen molar-refractivity contribution in [3.05, 3.63) is 64.4 Å². The van der Waals surface area contributed by atoms with Gasteiger partial charge in [0.05, 0.1) is 12.3 Å². The summed E-state index contributed by atoms with van der Waals surface area (Å²) >= 11 is 0. The second kappa shape index (κ2) is 13.4. The first-order valence-electron chi connectivity index (χ1n) is 12.7. The number of phosphoric acid groups is 1. The minimum absolute atomic E-state index is 0.0636. The molecule has 0 aliphatic carbocycles. The number of phosphoric ester groups is 1. The predicted molar refractivity (Wildman–Crippen MR) is 145 cm³/mol. The third-order valence-corrected chi connectivity index (χ3v) is 8.34. The third-order valence-electron chi connectivity index (χ3n) is 6.25. The monoisotopic (exact) mass is 664 g/mol. The Bertz CT molecular complexity index is 1520. The van der Waals surface area contributed by atoms with Gasteiger partial charge in [-0.3, -0.25) is 18.4 Å². The third kappa shape index (κ3) is 8.29. The molecule has 1 aromatic heterocycles. The minimum Gasteiger partial charge on any atom is -0.454 e. The fraction of sp³-hybridized carbons (Fsp3) is 0.435. The zero-order valence-corrected chi connectivity index (χ0v) is 24.4. The lowest BCUT2D eigenvalue weighted by atomic mass is 10.1. The van der Waals surface area contributed by atoms with Crippen LogP contribution in [0.1, 0.15) is 18.7 Å². The minimum atomic E-state index is -5.51. The molecule has 2 aliphatic rings. The molecule has 242 valence electrons. The smallest absolute Gasteiger partial charge is 0.454 e. The van der Waals surface area contributed by atoms with E-state index in [1.54, 1.807) is 18.2 Å². The molecule has 2 aromatic rings. The molecule has 2 aliphatic heterocycles. The van der Waals surface area contributed by atoms with Crippen molar-refractivity contribution in [3.63, 3.8) is 0 Å². The molecule has 10 N–H and O–H groups in total. The van der Waals surface area contributed by atoms with E-state index in [-0.39, 0.29) is 17.3 Å². The number of hydrogen-bond acceptors (Lipinski definition) is 14. The van der Waals surface area contributed by atoms with Crippen LogP contribution in [-0.4, -0.2) is 95.1 Å². The van der Waals surface area contributed by atoms with Crippen molar-refractivity contribution in [2.45, 2.75) is 55.6 Å². The quantitative estimate of drug-likeness (QED) is 0.121. The summed E-state index contributed by atoms with van der Waals surface area (Å²) in [5.74, 6) is -4.08. The second-order valence-electron chi connectivity index (χ2n) is 9.66. The van der Waals surface area contributed by atoms with Crippen LogP contribution in [0.3, 0.4) is 0 Å². The van der Waals surface area contributed by atoms with E-state index in [0.717, 1.165) is 19.1 Å². The van der Waals surface area contributed by atoms with E-state index in [4.69, 9.17) is 29.0 Å². The van der Waals surface area contributed by atoms with E-state index in [1.807, 2.05) is 0 Å². The number of anilines is 1. The number of nitrogens with zero attached hydrogens (tertiary/aromatic N) is 1. The van der Waals surface area contributed by atoms with Crippen LogP contribution in [0.15, 0.2) is 53.0 Å². The number of rotatable bonds is 11. The van der Waals surface area contributed by atoms with Crippen molar-refractivity contribution in [2.75, 3.05) is 12.3 Å². The Morgan fingerprint density at radius 1 is 1.16 bits per heavy atom.